The third-order valence-corrected chi connectivity index (χ3v) is 6.77. The Morgan fingerprint density at radius 2 is 1.97 bits per heavy atom. The zero-order valence-corrected chi connectivity index (χ0v) is 18.7. The lowest BCUT2D eigenvalue weighted by atomic mass is 9.92. The average Bonchev–Trinajstić information content (AvgIpc) is 3.44. The maximum atomic E-state index is 13.0. The SMILES string of the molecule is COc1ccc(C2(C)NC(=O)N(CC(=O)Nc3nc(-c4ccc(C)s4)cs3)C2=O)cc1. The molecule has 1 unspecified atom stereocenters. The van der Waals surface area contributed by atoms with Crippen LogP contribution in [0.25, 0.3) is 10.6 Å². The first-order valence-corrected chi connectivity index (χ1v) is 11.1. The van der Waals surface area contributed by atoms with Crippen molar-refractivity contribution in [3.8, 4) is 16.3 Å². The van der Waals surface area contributed by atoms with Crippen molar-refractivity contribution >= 4 is 45.7 Å². The number of aromatic nitrogens is 1. The summed E-state index contributed by atoms with van der Waals surface area (Å²) in [6.45, 7) is 3.23. The van der Waals surface area contributed by atoms with Gasteiger partial charge in [0.1, 0.15) is 17.8 Å². The fourth-order valence-electron chi connectivity index (χ4n) is 3.28. The maximum Gasteiger partial charge on any atom is 0.325 e. The van der Waals surface area contributed by atoms with Gasteiger partial charge < -0.3 is 15.4 Å². The van der Waals surface area contributed by atoms with Gasteiger partial charge in [0.2, 0.25) is 5.91 Å². The van der Waals surface area contributed by atoms with Crippen LogP contribution in [0.1, 0.15) is 17.4 Å². The molecule has 1 aromatic carbocycles. The van der Waals surface area contributed by atoms with Crippen LogP contribution in [0, 0.1) is 6.92 Å². The van der Waals surface area contributed by atoms with E-state index in [1.807, 2.05) is 24.4 Å². The summed E-state index contributed by atoms with van der Waals surface area (Å²) in [4.78, 5) is 45.5. The molecule has 0 saturated carbocycles. The highest BCUT2D eigenvalue weighted by Gasteiger charge is 2.49. The number of imide groups is 1. The molecule has 3 heterocycles. The minimum Gasteiger partial charge on any atom is -0.497 e. The Kier molecular flexibility index (Phi) is 5.50. The molecular weight excluding hydrogens is 436 g/mol. The van der Waals surface area contributed by atoms with Gasteiger partial charge in [0.05, 0.1) is 17.7 Å². The minimum absolute atomic E-state index is 0.399. The molecule has 2 aromatic heterocycles. The van der Waals surface area contributed by atoms with E-state index in [9.17, 15) is 14.4 Å². The van der Waals surface area contributed by atoms with Crippen LogP contribution in [-0.2, 0) is 15.1 Å². The molecule has 0 aliphatic carbocycles. The summed E-state index contributed by atoms with van der Waals surface area (Å²) >= 11 is 2.91. The van der Waals surface area contributed by atoms with Crippen molar-refractivity contribution in [1.29, 1.82) is 0 Å². The van der Waals surface area contributed by atoms with Gasteiger partial charge >= 0.3 is 6.03 Å². The number of hydrogen-bond donors (Lipinski definition) is 2. The Morgan fingerprint density at radius 1 is 1.23 bits per heavy atom. The molecule has 1 aliphatic rings. The van der Waals surface area contributed by atoms with Gasteiger partial charge in [-0.25, -0.2) is 9.78 Å². The van der Waals surface area contributed by atoms with Gasteiger partial charge in [-0.15, -0.1) is 22.7 Å². The first-order valence-electron chi connectivity index (χ1n) is 9.41. The van der Waals surface area contributed by atoms with Gasteiger partial charge in [0.15, 0.2) is 5.13 Å². The number of hydrogen-bond acceptors (Lipinski definition) is 7. The number of rotatable bonds is 6. The molecule has 4 amide bonds. The highest BCUT2D eigenvalue weighted by Crippen LogP contribution is 2.31. The number of anilines is 1. The summed E-state index contributed by atoms with van der Waals surface area (Å²) in [5, 5.41) is 7.63. The molecule has 0 spiro atoms. The first-order chi connectivity index (χ1) is 14.8. The zero-order chi connectivity index (χ0) is 22.2. The van der Waals surface area contributed by atoms with E-state index in [2.05, 4.69) is 15.6 Å². The molecule has 1 fully saturated rings. The Hall–Kier alpha value is -3.24. The topological polar surface area (TPSA) is 101 Å². The molecule has 4 rings (SSSR count). The van der Waals surface area contributed by atoms with Crippen molar-refractivity contribution in [2.24, 2.45) is 0 Å². The number of urea groups is 1. The van der Waals surface area contributed by atoms with Crippen LogP contribution < -0.4 is 15.4 Å². The molecule has 3 aromatic rings. The van der Waals surface area contributed by atoms with Crippen LogP contribution in [-0.4, -0.2) is 41.4 Å². The van der Waals surface area contributed by atoms with Crippen LogP contribution in [0.2, 0.25) is 0 Å². The van der Waals surface area contributed by atoms with Crippen LogP contribution in [0.4, 0.5) is 9.93 Å². The standard InChI is InChI=1S/C21H20N4O4S2/c1-12-4-9-16(31-12)15-11-30-19(22-15)23-17(26)10-25-18(27)21(2,24-20(25)28)13-5-7-14(29-3)8-6-13/h4-9,11H,10H2,1-3H3,(H,24,28)(H,22,23,26). The lowest BCUT2D eigenvalue weighted by molar-refractivity contribution is -0.133. The average molecular weight is 457 g/mol. The number of nitrogens with zero attached hydrogens (tertiary/aromatic N) is 2. The second-order valence-electron chi connectivity index (χ2n) is 7.17. The van der Waals surface area contributed by atoms with Gasteiger partial charge in [0.25, 0.3) is 5.91 Å². The zero-order valence-electron chi connectivity index (χ0n) is 17.1. The molecule has 31 heavy (non-hydrogen) atoms. The van der Waals surface area contributed by atoms with Crippen molar-refractivity contribution in [3.05, 3.63) is 52.2 Å². The molecular formula is C21H20N4O4S2. The van der Waals surface area contributed by atoms with Gasteiger partial charge in [-0.05, 0) is 43.7 Å². The number of carbonyl (C=O) groups is 3. The van der Waals surface area contributed by atoms with Gasteiger partial charge in [-0.2, -0.15) is 0 Å². The third kappa shape index (κ3) is 4.04. The smallest absolute Gasteiger partial charge is 0.325 e. The molecule has 2 N–H and O–H groups in total. The summed E-state index contributed by atoms with van der Waals surface area (Å²) in [6, 6.07) is 10.2. The summed E-state index contributed by atoms with van der Waals surface area (Å²) in [7, 11) is 1.55. The van der Waals surface area contributed by atoms with E-state index in [4.69, 9.17) is 4.74 Å². The number of thiazole rings is 1. The van der Waals surface area contributed by atoms with Gasteiger partial charge in [-0.1, -0.05) is 12.1 Å². The normalized spacial score (nSPS) is 18.2. The largest absolute Gasteiger partial charge is 0.497 e. The molecule has 0 bridgehead atoms. The third-order valence-electron chi connectivity index (χ3n) is 4.99. The fraction of sp³-hybridized carbons (Fsp3) is 0.238. The van der Waals surface area contributed by atoms with Gasteiger partial charge in [-0.3, -0.25) is 14.5 Å². The van der Waals surface area contributed by atoms with Crippen LogP contribution >= 0.6 is 22.7 Å². The Labute approximate surface area is 186 Å². The van der Waals surface area contributed by atoms with Gasteiger partial charge in [0, 0.05) is 10.3 Å². The molecule has 1 aliphatic heterocycles. The van der Waals surface area contributed by atoms with Crippen LogP contribution in [0.15, 0.2) is 41.8 Å². The Balaban J connectivity index is 1.44. The van der Waals surface area contributed by atoms with Crippen molar-refractivity contribution in [2.75, 3.05) is 19.0 Å². The van der Waals surface area contributed by atoms with Crippen molar-refractivity contribution < 1.29 is 19.1 Å². The number of methoxy groups -OCH3 is 1. The van der Waals surface area contributed by atoms with E-state index in [0.717, 1.165) is 15.5 Å². The van der Waals surface area contributed by atoms with E-state index in [-0.39, 0.29) is 0 Å². The van der Waals surface area contributed by atoms with E-state index in [0.29, 0.717) is 16.4 Å². The number of ether oxygens (including phenoxy) is 1. The van der Waals surface area contributed by atoms with Crippen LogP contribution in [0.3, 0.4) is 0 Å². The summed E-state index contributed by atoms with van der Waals surface area (Å²) in [5.74, 6) is -0.349. The second-order valence-corrected chi connectivity index (χ2v) is 9.32. The van der Waals surface area contributed by atoms with Crippen LogP contribution in [0.5, 0.6) is 5.75 Å². The molecule has 10 heteroatoms. The number of nitrogens with one attached hydrogen (secondary N) is 2. The maximum absolute atomic E-state index is 13.0. The minimum atomic E-state index is -1.25. The fourth-order valence-corrected chi connectivity index (χ4v) is 4.91. The van der Waals surface area contributed by atoms with E-state index >= 15 is 0 Å². The highest BCUT2D eigenvalue weighted by molar-refractivity contribution is 7.17. The molecule has 0 radical (unpaired) electrons. The molecule has 1 atom stereocenters. The second kappa shape index (κ2) is 8.12. The van der Waals surface area contributed by atoms with Crippen molar-refractivity contribution in [1.82, 2.24) is 15.2 Å². The summed E-state index contributed by atoms with van der Waals surface area (Å²) < 4.78 is 5.13. The number of amides is 4. The first kappa shape index (κ1) is 21.0. The highest BCUT2D eigenvalue weighted by atomic mass is 32.1. The molecule has 8 nitrogen and oxygen atoms in total. The predicted molar refractivity (Wildman–Crippen MR) is 119 cm³/mol. The predicted octanol–water partition coefficient (Wildman–Crippen LogP) is 3.59. The van der Waals surface area contributed by atoms with Crippen molar-refractivity contribution in [2.45, 2.75) is 19.4 Å². The Bertz CT molecular complexity index is 1150. The summed E-state index contributed by atoms with van der Waals surface area (Å²) in [6.07, 6.45) is 0. The molecule has 1 saturated heterocycles. The number of aryl methyl sites for hydroxylation is 1. The van der Waals surface area contributed by atoms with E-state index in [1.165, 1.54) is 16.2 Å². The quantitative estimate of drug-likeness (QED) is 0.552. The number of carbonyl (C=O) groups excluding carboxylic acids is 3. The number of benzene rings is 1. The Morgan fingerprint density at radius 3 is 2.61 bits per heavy atom. The summed E-state index contributed by atoms with van der Waals surface area (Å²) in [5.41, 5.74) is 0.125. The van der Waals surface area contributed by atoms with E-state index in [1.54, 1.807) is 49.6 Å². The number of thiophene rings is 1. The van der Waals surface area contributed by atoms with Crippen molar-refractivity contribution in [3.63, 3.8) is 0 Å². The lowest BCUT2D eigenvalue weighted by Gasteiger charge is -2.22. The lowest BCUT2D eigenvalue weighted by Crippen LogP contribution is -2.42. The monoisotopic (exact) mass is 456 g/mol. The molecule has 160 valence electrons. The van der Waals surface area contributed by atoms with E-state index < -0.39 is 29.9 Å².